The number of carbonyl (C=O) groups is 1. The van der Waals surface area contributed by atoms with Gasteiger partial charge in [-0.15, -0.1) is 24.0 Å². The van der Waals surface area contributed by atoms with Gasteiger partial charge in [-0.1, -0.05) is 34.6 Å². The molecule has 0 spiro atoms. The highest BCUT2D eigenvalue weighted by molar-refractivity contribution is 14.0. The fourth-order valence-electron chi connectivity index (χ4n) is 4.85. The lowest BCUT2D eigenvalue weighted by Gasteiger charge is -2.39. The number of guanidine groups is 1. The summed E-state index contributed by atoms with van der Waals surface area (Å²) in [6.45, 7) is 17.3. The summed E-state index contributed by atoms with van der Waals surface area (Å²) >= 11 is 0. The zero-order valence-electron chi connectivity index (χ0n) is 20.7. The normalized spacial score (nSPS) is 23.5. The zero-order chi connectivity index (χ0) is 22.1. The Morgan fingerprint density at radius 2 is 1.77 bits per heavy atom. The number of aliphatic imine (C=N–C) groups is 1. The van der Waals surface area contributed by atoms with Gasteiger partial charge >= 0.3 is 0 Å². The molecule has 0 radical (unpaired) electrons. The maximum absolute atomic E-state index is 12.6. The van der Waals surface area contributed by atoms with Crippen molar-refractivity contribution in [3.05, 3.63) is 0 Å². The average molecular weight is 551 g/mol. The van der Waals surface area contributed by atoms with E-state index in [0.717, 1.165) is 70.8 Å². The summed E-state index contributed by atoms with van der Waals surface area (Å²) in [6.07, 6.45) is 6.40. The number of ether oxygens (including phenoxy) is 1. The summed E-state index contributed by atoms with van der Waals surface area (Å²) in [6, 6.07) is 0.370. The molecule has 0 saturated carbocycles. The third-order valence-corrected chi connectivity index (χ3v) is 6.61. The van der Waals surface area contributed by atoms with E-state index in [4.69, 9.17) is 9.73 Å². The van der Waals surface area contributed by atoms with Crippen molar-refractivity contribution in [2.45, 2.75) is 92.2 Å². The number of nitrogens with one attached hydrogen (secondary N) is 2. The van der Waals surface area contributed by atoms with Gasteiger partial charge in [-0.05, 0) is 50.9 Å². The topological polar surface area (TPSA) is 66.0 Å². The first-order valence-corrected chi connectivity index (χ1v) is 12.2. The van der Waals surface area contributed by atoms with Gasteiger partial charge in [0.05, 0.1) is 6.10 Å². The first-order chi connectivity index (χ1) is 14.3. The predicted molar refractivity (Wildman–Crippen MR) is 140 cm³/mol. The van der Waals surface area contributed by atoms with E-state index in [0.29, 0.717) is 17.9 Å². The van der Waals surface area contributed by atoms with Gasteiger partial charge in [-0.25, -0.2) is 0 Å². The van der Waals surface area contributed by atoms with Crippen molar-refractivity contribution in [3.8, 4) is 0 Å². The number of hydrogen-bond donors (Lipinski definition) is 2. The van der Waals surface area contributed by atoms with E-state index in [2.05, 4.69) is 57.1 Å². The Kier molecular flexibility index (Phi) is 12.7. The summed E-state index contributed by atoms with van der Waals surface area (Å²) in [7, 11) is 0. The number of carbonyl (C=O) groups excluding carboxylic acids is 1. The molecule has 2 aliphatic heterocycles. The van der Waals surface area contributed by atoms with Gasteiger partial charge < -0.3 is 20.3 Å². The van der Waals surface area contributed by atoms with E-state index in [1.54, 1.807) is 0 Å². The van der Waals surface area contributed by atoms with Crippen molar-refractivity contribution in [2.24, 2.45) is 22.2 Å². The minimum Gasteiger partial charge on any atom is -0.377 e. The quantitative estimate of drug-likeness (QED) is 0.280. The number of halogens is 1. The second kappa shape index (κ2) is 13.9. The van der Waals surface area contributed by atoms with Gasteiger partial charge in [-0.3, -0.25) is 9.79 Å². The first-order valence-electron chi connectivity index (χ1n) is 12.2. The second-order valence-corrected chi connectivity index (χ2v) is 10.0. The van der Waals surface area contributed by atoms with Crippen LogP contribution in [0.3, 0.4) is 0 Å². The minimum atomic E-state index is 0. The number of nitrogens with zero attached hydrogens (tertiary/aromatic N) is 2. The number of piperidine rings is 1. The molecule has 0 aromatic rings. The fourth-order valence-corrected chi connectivity index (χ4v) is 4.85. The molecule has 2 unspecified atom stereocenters. The van der Waals surface area contributed by atoms with Crippen LogP contribution in [0.25, 0.3) is 0 Å². The summed E-state index contributed by atoms with van der Waals surface area (Å²) in [5.41, 5.74) is 0.139. The molecule has 0 aromatic heterocycles. The Hall–Kier alpha value is -0.570. The average Bonchev–Trinajstić information content (AvgIpc) is 2.73. The SMILES string of the molecule is CCNC(=NCC1CCCOC1C(C)(C)C)NC1CCN(C(=O)C(CC)CC)CC1.I. The van der Waals surface area contributed by atoms with Crippen LogP contribution in [-0.2, 0) is 9.53 Å². The molecular formula is C24H47IN4O2. The van der Waals surface area contributed by atoms with E-state index in [9.17, 15) is 4.79 Å². The Bertz CT molecular complexity index is 552. The van der Waals surface area contributed by atoms with Crippen molar-refractivity contribution in [1.82, 2.24) is 15.5 Å². The van der Waals surface area contributed by atoms with E-state index < -0.39 is 0 Å². The zero-order valence-corrected chi connectivity index (χ0v) is 23.0. The van der Waals surface area contributed by atoms with Gasteiger partial charge in [0, 0.05) is 50.7 Å². The molecular weight excluding hydrogens is 503 g/mol. The van der Waals surface area contributed by atoms with Crippen LogP contribution in [0.4, 0.5) is 0 Å². The Morgan fingerprint density at radius 3 is 2.32 bits per heavy atom. The number of rotatable bonds is 7. The van der Waals surface area contributed by atoms with Crippen LogP contribution < -0.4 is 10.6 Å². The molecule has 0 aromatic carbocycles. The van der Waals surface area contributed by atoms with Crippen molar-refractivity contribution in [3.63, 3.8) is 0 Å². The van der Waals surface area contributed by atoms with E-state index in [1.165, 1.54) is 6.42 Å². The lowest BCUT2D eigenvalue weighted by atomic mass is 9.78. The van der Waals surface area contributed by atoms with Crippen molar-refractivity contribution < 1.29 is 9.53 Å². The maximum atomic E-state index is 12.6. The van der Waals surface area contributed by atoms with Gasteiger partial charge in [-0.2, -0.15) is 0 Å². The lowest BCUT2D eigenvalue weighted by molar-refractivity contribution is -0.136. The highest BCUT2D eigenvalue weighted by atomic mass is 127. The molecule has 182 valence electrons. The molecule has 2 N–H and O–H groups in total. The summed E-state index contributed by atoms with van der Waals surface area (Å²) in [5, 5.41) is 7.04. The Labute approximate surface area is 207 Å². The Balaban J connectivity index is 0.00000480. The first kappa shape index (κ1) is 28.5. The monoisotopic (exact) mass is 550 g/mol. The maximum Gasteiger partial charge on any atom is 0.225 e. The van der Waals surface area contributed by atoms with Gasteiger partial charge in [0.1, 0.15) is 0 Å². The third-order valence-electron chi connectivity index (χ3n) is 6.61. The molecule has 0 bridgehead atoms. The van der Waals surface area contributed by atoms with Gasteiger partial charge in [0.25, 0.3) is 0 Å². The molecule has 2 fully saturated rings. The number of hydrogen-bond acceptors (Lipinski definition) is 3. The van der Waals surface area contributed by atoms with E-state index in [1.807, 2.05) is 0 Å². The third kappa shape index (κ3) is 8.71. The smallest absolute Gasteiger partial charge is 0.225 e. The van der Waals surface area contributed by atoms with Crippen molar-refractivity contribution in [1.29, 1.82) is 0 Å². The molecule has 6 nitrogen and oxygen atoms in total. The van der Waals surface area contributed by atoms with Crippen molar-refractivity contribution in [2.75, 3.05) is 32.8 Å². The highest BCUT2D eigenvalue weighted by Crippen LogP contribution is 2.34. The number of likely N-dealkylation sites (tertiary alicyclic amines) is 1. The van der Waals surface area contributed by atoms with Crippen LogP contribution in [0, 0.1) is 17.3 Å². The second-order valence-electron chi connectivity index (χ2n) is 10.0. The summed E-state index contributed by atoms with van der Waals surface area (Å²) in [5.74, 6) is 1.89. The highest BCUT2D eigenvalue weighted by Gasteiger charge is 2.35. The molecule has 7 heteroatoms. The molecule has 2 heterocycles. The van der Waals surface area contributed by atoms with E-state index >= 15 is 0 Å². The summed E-state index contributed by atoms with van der Waals surface area (Å²) < 4.78 is 6.12. The van der Waals surface area contributed by atoms with Gasteiger partial charge in [0.2, 0.25) is 5.91 Å². The largest absolute Gasteiger partial charge is 0.377 e. The van der Waals surface area contributed by atoms with Crippen LogP contribution in [0.2, 0.25) is 0 Å². The van der Waals surface area contributed by atoms with Gasteiger partial charge in [0.15, 0.2) is 5.96 Å². The van der Waals surface area contributed by atoms with E-state index in [-0.39, 0.29) is 41.4 Å². The molecule has 1 amide bonds. The minimum absolute atomic E-state index is 0. The molecule has 2 rings (SSSR count). The lowest BCUT2D eigenvalue weighted by Crippen LogP contribution is -2.51. The van der Waals surface area contributed by atoms with Crippen LogP contribution in [0.5, 0.6) is 0 Å². The Morgan fingerprint density at radius 1 is 1.13 bits per heavy atom. The predicted octanol–water partition coefficient (Wildman–Crippen LogP) is 4.43. The summed E-state index contributed by atoms with van der Waals surface area (Å²) in [4.78, 5) is 19.6. The molecule has 31 heavy (non-hydrogen) atoms. The van der Waals surface area contributed by atoms with Crippen LogP contribution in [0.15, 0.2) is 4.99 Å². The van der Waals surface area contributed by atoms with Crippen LogP contribution in [0.1, 0.15) is 80.1 Å². The fraction of sp³-hybridized carbons (Fsp3) is 0.917. The molecule has 2 aliphatic rings. The molecule has 0 aliphatic carbocycles. The molecule has 2 saturated heterocycles. The number of amides is 1. The van der Waals surface area contributed by atoms with Crippen LogP contribution >= 0.6 is 24.0 Å². The van der Waals surface area contributed by atoms with Crippen LogP contribution in [-0.4, -0.2) is 61.7 Å². The van der Waals surface area contributed by atoms with Crippen molar-refractivity contribution >= 4 is 35.8 Å². The standard InChI is InChI=1S/C24H46N4O2.HI/c1-7-18(8-2)22(29)28-14-12-20(13-15-28)27-23(25-9-3)26-17-19-11-10-16-30-21(19)24(4,5)6;/h18-21H,7-17H2,1-6H3,(H2,25,26,27);1H. The molecule has 2 atom stereocenters.